The van der Waals surface area contributed by atoms with Gasteiger partial charge in [-0.2, -0.15) is 9.98 Å². The standard InChI is InChI=1S/C9H6N2O3/c12-4-7-1-2-8(10-5-13)3-9(7)11-6-14/h1-3,12H,4H2. The zero-order chi connectivity index (χ0) is 10.4. The van der Waals surface area contributed by atoms with Crippen molar-refractivity contribution in [3.8, 4) is 0 Å². The molecule has 0 aliphatic rings. The van der Waals surface area contributed by atoms with Gasteiger partial charge in [0.2, 0.25) is 12.2 Å². The molecule has 1 aromatic carbocycles. The number of hydrogen-bond donors (Lipinski definition) is 1. The van der Waals surface area contributed by atoms with Crippen LogP contribution in [-0.4, -0.2) is 17.3 Å². The van der Waals surface area contributed by atoms with Crippen LogP contribution < -0.4 is 0 Å². The maximum absolute atomic E-state index is 10.0. The first-order valence-electron chi connectivity index (χ1n) is 3.71. The predicted octanol–water partition coefficient (Wildman–Crippen LogP) is 1.11. The van der Waals surface area contributed by atoms with Gasteiger partial charge in [0.05, 0.1) is 18.0 Å². The van der Waals surface area contributed by atoms with Crippen molar-refractivity contribution in [2.24, 2.45) is 9.98 Å². The van der Waals surface area contributed by atoms with Gasteiger partial charge in [0, 0.05) is 5.56 Å². The molecule has 70 valence electrons. The summed E-state index contributed by atoms with van der Waals surface area (Å²) in [6, 6.07) is 4.42. The van der Waals surface area contributed by atoms with Crippen molar-refractivity contribution in [3.63, 3.8) is 0 Å². The molecule has 5 heteroatoms. The van der Waals surface area contributed by atoms with Gasteiger partial charge in [0.1, 0.15) is 0 Å². The van der Waals surface area contributed by atoms with Gasteiger partial charge in [-0.1, -0.05) is 6.07 Å². The van der Waals surface area contributed by atoms with Crippen LogP contribution in [0.5, 0.6) is 0 Å². The minimum atomic E-state index is -0.244. The van der Waals surface area contributed by atoms with Crippen LogP contribution in [0.4, 0.5) is 11.4 Å². The minimum Gasteiger partial charge on any atom is -0.392 e. The van der Waals surface area contributed by atoms with Crippen LogP contribution >= 0.6 is 0 Å². The van der Waals surface area contributed by atoms with E-state index in [1.54, 1.807) is 0 Å². The Morgan fingerprint density at radius 3 is 2.50 bits per heavy atom. The third-order valence-corrected chi connectivity index (χ3v) is 1.58. The zero-order valence-corrected chi connectivity index (χ0v) is 7.10. The number of aliphatic hydroxyl groups is 1. The summed E-state index contributed by atoms with van der Waals surface area (Å²) in [5.74, 6) is 0. The lowest BCUT2D eigenvalue weighted by Crippen LogP contribution is -1.82. The Kier molecular flexibility index (Phi) is 3.47. The number of rotatable bonds is 3. The molecule has 0 saturated carbocycles. The quantitative estimate of drug-likeness (QED) is 0.572. The number of nitrogens with zero attached hydrogens (tertiary/aromatic N) is 2. The van der Waals surface area contributed by atoms with Gasteiger partial charge in [-0.25, -0.2) is 9.59 Å². The third kappa shape index (κ3) is 2.21. The van der Waals surface area contributed by atoms with E-state index in [1.165, 1.54) is 30.4 Å². The third-order valence-electron chi connectivity index (χ3n) is 1.58. The molecular weight excluding hydrogens is 184 g/mol. The number of benzene rings is 1. The molecule has 0 aliphatic carbocycles. The molecule has 1 N–H and O–H groups in total. The van der Waals surface area contributed by atoms with Gasteiger partial charge in [-0.05, 0) is 12.1 Å². The van der Waals surface area contributed by atoms with Gasteiger partial charge in [0.15, 0.2) is 0 Å². The number of carbonyl (C=O) groups excluding carboxylic acids is 2. The Bertz CT molecular complexity index is 430. The molecule has 0 aliphatic heterocycles. The minimum absolute atomic E-state index is 0.244. The first-order chi connectivity index (χ1) is 6.81. The SMILES string of the molecule is O=C=Nc1ccc(CO)c(N=C=O)c1. The van der Waals surface area contributed by atoms with Crippen molar-refractivity contribution < 1.29 is 14.7 Å². The van der Waals surface area contributed by atoms with Gasteiger partial charge >= 0.3 is 0 Å². The average Bonchev–Trinajstić information content (AvgIpc) is 2.19. The topological polar surface area (TPSA) is 79.1 Å². The van der Waals surface area contributed by atoms with Crippen molar-refractivity contribution in [1.82, 2.24) is 0 Å². The maximum atomic E-state index is 10.0. The molecule has 0 atom stereocenters. The molecule has 0 saturated heterocycles. The van der Waals surface area contributed by atoms with Crippen molar-refractivity contribution in [2.45, 2.75) is 6.61 Å². The van der Waals surface area contributed by atoms with Gasteiger partial charge < -0.3 is 5.11 Å². The molecule has 0 fully saturated rings. The Balaban J connectivity index is 3.26. The molecule has 1 rings (SSSR count). The second-order valence-electron chi connectivity index (χ2n) is 2.38. The van der Waals surface area contributed by atoms with Crippen LogP contribution in [0, 0.1) is 0 Å². The van der Waals surface area contributed by atoms with E-state index in [9.17, 15) is 9.59 Å². The monoisotopic (exact) mass is 190 g/mol. The highest BCUT2D eigenvalue weighted by atomic mass is 16.3. The van der Waals surface area contributed by atoms with Crippen LogP contribution in [0.15, 0.2) is 28.2 Å². The number of hydrogen-bond acceptors (Lipinski definition) is 5. The predicted molar refractivity (Wildman–Crippen MR) is 47.9 cm³/mol. The van der Waals surface area contributed by atoms with Gasteiger partial charge in [-0.3, -0.25) is 0 Å². The molecule has 0 amide bonds. The number of aliphatic imine (C=N–C) groups is 2. The van der Waals surface area contributed by atoms with E-state index < -0.39 is 0 Å². The summed E-state index contributed by atoms with van der Waals surface area (Å²) in [4.78, 5) is 26.7. The highest BCUT2D eigenvalue weighted by molar-refractivity contribution is 5.61. The fourth-order valence-electron chi connectivity index (χ4n) is 0.961. The Labute approximate surface area is 79.4 Å². The molecule has 0 heterocycles. The number of isocyanates is 2. The van der Waals surface area contributed by atoms with E-state index in [0.29, 0.717) is 11.3 Å². The summed E-state index contributed by atoms with van der Waals surface area (Å²) in [5.41, 5.74) is 1.04. The molecule has 0 spiro atoms. The highest BCUT2D eigenvalue weighted by Crippen LogP contribution is 2.24. The van der Waals surface area contributed by atoms with Crippen LogP contribution in [0.3, 0.4) is 0 Å². The summed E-state index contributed by atoms with van der Waals surface area (Å²) < 4.78 is 0. The lowest BCUT2D eigenvalue weighted by Gasteiger charge is -2.00. The van der Waals surface area contributed by atoms with Crippen LogP contribution in [0.25, 0.3) is 0 Å². The van der Waals surface area contributed by atoms with Crippen LogP contribution in [-0.2, 0) is 16.2 Å². The largest absolute Gasteiger partial charge is 0.392 e. The second kappa shape index (κ2) is 4.84. The smallest absolute Gasteiger partial charge is 0.240 e. The van der Waals surface area contributed by atoms with Crippen molar-refractivity contribution >= 4 is 23.5 Å². The van der Waals surface area contributed by atoms with E-state index in [0.717, 1.165) is 0 Å². The lowest BCUT2D eigenvalue weighted by atomic mass is 10.2. The van der Waals surface area contributed by atoms with E-state index >= 15 is 0 Å². The Morgan fingerprint density at radius 2 is 1.93 bits per heavy atom. The zero-order valence-electron chi connectivity index (χ0n) is 7.10. The fraction of sp³-hybridized carbons (Fsp3) is 0.111. The Hall–Kier alpha value is -2.06. The van der Waals surface area contributed by atoms with Crippen molar-refractivity contribution in [3.05, 3.63) is 23.8 Å². The second-order valence-corrected chi connectivity index (χ2v) is 2.38. The number of aliphatic hydroxyl groups excluding tert-OH is 1. The van der Waals surface area contributed by atoms with E-state index in [4.69, 9.17) is 5.11 Å². The van der Waals surface area contributed by atoms with E-state index in [2.05, 4.69) is 9.98 Å². The molecule has 1 aromatic rings. The first-order valence-corrected chi connectivity index (χ1v) is 3.71. The van der Waals surface area contributed by atoms with Crippen LogP contribution in [0.1, 0.15) is 5.56 Å². The summed E-state index contributed by atoms with van der Waals surface area (Å²) in [6.07, 6.45) is 2.71. The molecule has 5 nitrogen and oxygen atoms in total. The molecule has 0 bridgehead atoms. The summed E-state index contributed by atoms with van der Waals surface area (Å²) in [5, 5.41) is 8.87. The van der Waals surface area contributed by atoms with Crippen LogP contribution in [0.2, 0.25) is 0 Å². The molecular formula is C9H6N2O3. The summed E-state index contributed by atoms with van der Waals surface area (Å²) >= 11 is 0. The molecule has 14 heavy (non-hydrogen) atoms. The fourth-order valence-corrected chi connectivity index (χ4v) is 0.961. The van der Waals surface area contributed by atoms with Gasteiger partial charge in [0.25, 0.3) is 0 Å². The summed E-state index contributed by atoms with van der Waals surface area (Å²) in [6.45, 7) is -0.244. The highest BCUT2D eigenvalue weighted by Gasteiger charge is 2.01. The molecule has 0 aromatic heterocycles. The normalized spacial score (nSPS) is 8.64. The Morgan fingerprint density at radius 1 is 1.21 bits per heavy atom. The molecule has 0 radical (unpaired) electrons. The maximum Gasteiger partial charge on any atom is 0.240 e. The lowest BCUT2D eigenvalue weighted by molar-refractivity contribution is 0.282. The summed E-state index contributed by atoms with van der Waals surface area (Å²) in [7, 11) is 0. The van der Waals surface area contributed by atoms with E-state index in [1.807, 2.05) is 0 Å². The molecule has 0 unspecified atom stereocenters. The van der Waals surface area contributed by atoms with Crippen molar-refractivity contribution in [1.29, 1.82) is 0 Å². The van der Waals surface area contributed by atoms with Crippen molar-refractivity contribution in [2.75, 3.05) is 0 Å². The van der Waals surface area contributed by atoms with Gasteiger partial charge in [-0.15, -0.1) is 0 Å². The van der Waals surface area contributed by atoms with E-state index in [-0.39, 0.29) is 12.3 Å². The average molecular weight is 190 g/mol. The first kappa shape index (κ1) is 10.0.